The largest absolute Gasteiger partial charge is 0.492 e. The summed E-state index contributed by atoms with van der Waals surface area (Å²) in [7, 11) is 0. The minimum absolute atomic E-state index is 0.306. The number of amides is 1. The molecule has 0 aliphatic heterocycles. The molecule has 3 aromatic rings. The molecule has 0 saturated heterocycles. The van der Waals surface area contributed by atoms with E-state index >= 15 is 0 Å². The summed E-state index contributed by atoms with van der Waals surface area (Å²) in [5.74, 6) is 0.694. The van der Waals surface area contributed by atoms with Crippen LogP contribution < -0.4 is 15.4 Å². The number of nitrogens with one attached hydrogen (secondary N) is 2. The number of rotatable bonds is 6. The minimum Gasteiger partial charge on any atom is -0.492 e. The molecule has 134 valence electrons. The summed E-state index contributed by atoms with van der Waals surface area (Å²) in [6.45, 7) is 2.46. The first-order valence-corrected chi connectivity index (χ1v) is 8.32. The van der Waals surface area contributed by atoms with E-state index in [2.05, 4.69) is 20.6 Å². The molecule has 7 nitrogen and oxygen atoms in total. The van der Waals surface area contributed by atoms with Crippen LogP contribution >= 0.6 is 0 Å². The van der Waals surface area contributed by atoms with Crippen LogP contribution in [0.4, 0.5) is 17.3 Å². The van der Waals surface area contributed by atoms with Crippen LogP contribution in [0.2, 0.25) is 0 Å². The van der Waals surface area contributed by atoms with Gasteiger partial charge in [0.1, 0.15) is 5.75 Å². The number of benzene rings is 2. The van der Waals surface area contributed by atoms with Crippen molar-refractivity contribution in [2.75, 3.05) is 17.2 Å². The fourth-order valence-corrected chi connectivity index (χ4v) is 2.35. The quantitative estimate of drug-likeness (QED) is 0.695. The first-order valence-electron chi connectivity index (χ1n) is 8.32. The van der Waals surface area contributed by atoms with Crippen LogP contribution in [-0.4, -0.2) is 22.5 Å². The van der Waals surface area contributed by atoms with Gasteiger partial charge in [0, 0.05) is 18.1 Å². The molecule has 7 heteroatoms. The third-order valence-electron chi connectivity index (χ3n) is 3.60. The van der Waals surface area contributed by atoms with Gasteiger partial charge in [0.15, 0.2) is 0 Å². The summed E-state index contributed by atoms with van der Waals surface area (Å²) in [5, 5.41) is 14.7. The number of hydrogen-bond donors (Lipinski definition) is 2. The van der Waals surface area contributed by atoms with Crippen molar-refractivity contribution >= 4 is 23.2 Å². The lowest BCUT2D eigenvalue weighted by atomic mass is 10.2. The first-order chi connectivity index (χ1) is 13.2. The highest BCUT2D eigenvalue weighted by Crippen LogP contribution is 2.25. The molecular formula is C20H17N5O2. The van der Waals surface area contributed by atoms with Crippen LogP contribution in [0.1, 0.15) is 22.8 Å². The zero-order valence-electron chi connectivity index (χ0n) is 14.6. The summed E-state index contributed by atoms with van der Waals surface area (Å²) in [4.78, 5) is 20.7. The lowest BCUT2D eigenvalue weighted by Gasteiger charge is -2.11. The Balaban J connectivity index is 1.70. The minimum atomic E-state index is -0.355. The highest BCUT2D eigenvalue weighted by atomic mass is 16.5. The molecule has 0 radical (unpaired) electrons. The van der Waals surface area contributed by atoms with Crippen molar-refractivity contribution in [3.8, 4) is 11.8 Å². The van der Waals surface area contributed by atoms with Gasteiger partial charge in [-0.2, -0.15) is 5.26 Å². The van der Waals surface area contributed by atoms with Crippen LogP contribution in [0, 0.1) is 11.3 Å². The van der Waals surface area contributed by atoms with Gasteiger partial charge in [-0.15, -0.1) is 0 Å². The van der Waals surface area contributed by atoms with E-state index in [0.29, 0.717) is 35.1 Å². The second kappa shape index (κ2) is 8.45. The molecule has 2 aromatic carbocycles. The topological polar surface area (TPSA) is 99.9 Å². The Morgan fingerprint density at radius 3 is 2.67 bits per heavy atom. The van der Waals surface area contributed by atoms with Crippen LogP contribution in [-0.2, 0) is 0 Å². The molecule has 27 heavy (non-hydrogen) atoms. The molecule has 0 aliphatic rings. The highest BCUT2D eigenvalue weighted by Gasteiger charge is 2.09. The van der Waals surface area contributed by atoms with Crippen molar-refractivity contribution in [1.29, 1.82) is 5.26 Å². The zero-order chi connectivity index (χ0) is 19.1. The number of hydrogen-bond acceptors (Lipinski definition) is 6. The lowest BCUT2D eigenvalue weighted by molar-refractivity contribution is 0.102. The molecule has 0 unspecified atom stereocenters. The number of ether oxygens (including phenoxy) is 1. The molecule has 1 heterocycles. The molecule has 0 bridgehead atoms. The molecule has 0 atom stereocenters. The van der Waals surface area contributed by atoms with Crippen molar-refractivity contribution in [2.24, 2.45) is 0 Å². The van der Waals surface area contributed by atoms with Crippen LogP contribution in [0.3, 0.4) is 0 Å². The number of carbonyl (C=O) groups is 1. The number of aromatic nitrogens is 2. The van der Waals surface area contributed by atoms with E-state index in [0.717, 1.165) is 5.69 Å². The van der Waals surface area contributed by atoms with Gasteiger partial charge < -0.3 is 15.4 Å². The third-order valence-corrected chi connectivity index (χ3v) is 3.60. The summed E-state index contributed by atoms with van der Waals surface area (Å²) >= 11 is 0. The van der Waals surface area contributed by atoms with Crippen molar-refractivity contribution < 1.29 is 9.53 Å². The number of nitrogens with zero attached hydrogens (tertiary/aromatic N) is 3. The summed E-state index contributed by atoms with van der Waals surface area (Å²) in [6, 6.07) is 16.2. The predicted octanol–water partition coefficient (Wildman–Crippen LogP) is 3.74. The fourth-order valence-electron chi connectivity index (χ4n) is 2.35. The van der Waals surface area contributed by atoms with Crippen LogP contribution in [0.25, 0.3) is 0 Å². The Hall–Kier alpha value is -3.92. The van der Waals surface area contributed by atoms with E-state index in [9.17, 15) is 4.79 Å². The van der Waals surface area contributed by atoms with Crippen LogP contribution in [0.15, 0.2) is 60.9 Å². The highest BCUT2D eigenvalue weighted by molar-refractivity contribution is 6.04. The second-order valence-electron chi connectivity index (χ2n) is 5.50. The number of anilines is 3. The van der Waals surface area contributed by atoms with Crippen molar-refractivity contribution in [1.82, 2.24) is 9.97 Å². The maximum Gasteiger partial charge on any atom is 0.258 e. The van der Waals surface area contributed by atoms with Crippen LogP contribution in [0.5, 0.6) is 5.75 Å². The van der Waals surface area contributed by atoms with E-state index in [4.69, 9.17) is 10.00 Å². The molecular weight excluding hydrogens is 342 g/mol. The predicted molar refractivity (Wildman–Crippen MR) is 102 cm³/mol. The van der Waals surface area contributed by atoms with Crippen molar-refractivity contribution in [3.63, 3.8) is 0 Å². The summed E-state index contributed by atoms with van der Waals surface area (Å²) < 4.78 is 5.55. The molecule has 0 spiro atoms. The van der Waals surface area contributed by atoms with E-state index in [-0.39, 0.29) is 5.91 Å². The lowest BCUT2D eigenvalue weighted by Crippen LogP contribution is -2.13. The van der Waals surface area contributed by atoms with E-state index in [1.165, 1.54) is 12.4 Å². The van der Waals surface area contributed by atoms with E-state index in [1.807, 2.05) is 37.3 Å². The summed E-state index contributed by atoms with van der Waals surface area (Å²) in [6.07, 6.45) is 2.87. The average Bonchev–Trinajstić information content (AvgIpc) is 2.70. The molecule has 0 aliphatic carbocycles. The maximum atomic E-state index is 12.3. The standard InChI is InChI=1S/C20H17N5O2/c1-2-27-18-9-4-3-8-17(18)25-20-22-12-15(13-23-20)19(26)24-16-7-5-6-14(10-16)11-21/h3-10,12-13H,2H2,1H3,(H,24,26)(H,22,23,25). The number of carbonyl (C=O) groups excluding carboxylic acids is 1. The molecule has 1 amide bonds. The smallest absolute Gasteiger partial charge is 0.258 e. The Labute approximate surface area is 156 Å². The van der Waals surface area contributed by atoms with E-state index < -0.39 is 0 Å². The Bertz CT molecular complexity index is 980. The van der Waals surface area contributed by atoms with Gasteiger partial charge in [0.25, 0.3) is 5.91 Å². The van der Waals surface area contributed by atoms with Gasteiger partial charge in [0.2, 0.25) is 5.95 Å². The monoisotopic (exact) mass is 359 g/mol. The average molecular weight is 359 g/mol. The zero-order valence-corrected chi connectivity index (χ0v) is 14.6. The fraction of sp³-hybridized carbons (Fsp3) is 0.100. The Kier molecular flexibility index (Phi) is 5.60. The van der Waals surface area contributed by atoms with Crippen molar-refractivity contribution in [2.45, 2.75) is 6.92 Å². The maximum absolute atomic E-state index is 12.3. The number of para-hydroxylation sites is 2. The normalized spacial score (nSPS) is 9.93. The van der Waals surface area contributed by atoms with Gasteiger partial charge in [-0.3, -0.25) is 4.79 Å². The first kappa shape index (κ1) is 17.9. The second-order valence-corrected chi connectivity index (χ2v) is 5.50. The summed E-state index contributed by atoms with van der Waals surface area (Å²) in [5.41, 5.74) is 2.05. The SMILES string of the molecule is CCOc1ccccc1Nc1ncc(C(=O)Nc2cccc(C#N)c2)cn1. The molecule has 1 aromatic heterocycles. The van der Waals surface area contributed by atoms with Gasteiger partial charge in [-0.25, -0.2) is 9.97 Å². The number of nitriles is 1. The molecule has 2 N–H and O–H groups in total. The van der Waals surface area contributed by atoms with E-state index in [1.54, 1.807) is 24.3 Å². The van der Waals surface area contributed by atoms with Gasteiger partial charge in [-0.05, 0) is 37.3 Å². The molecule has 0 fully saturated rings. The van der Waals surface area contributed by atoms with Crippen molar-refractivity contribution in [3.05, 3.63) is 72.1 Å². The third kappa shape index (κ3) is 4.58. The van der Waals surface area contributed by atoms with Gasteiger partial charge in [-0.1, -0.05) is 18.2 Å². The Morgan fingerprint density at radius 1 is 1.15 bits per heavy atom. The Morgan fingerprint density at radius 2 is 1.93 bits per heavy atom. The van der Waals surface area contributed by atoms with Gasteiger partial charge in [0.05, 0.1) is 29.5 Å². The molecule has 3 rings (SSSR count). The molecule has 0 saturated carbocycles. The van der Waals surface area contributed by atoms with Gasteiger partial charge >= 0.3 is 0 Å².